The number of fused-ring (bicyclic) bond motifs is 2. The van der Waals surface area contributed by atoms with Gasteiger partial charge in [-0.2, -0.15) is 0 Å². The normalized spacial score (nSPS) is 14.9. The molecule has 0 spiro atoms. The lowest BCUT2D eigenvalue weighted by Crippen LogP contribution is -2.20. The molecule has 1 aliphatic rings. The number of hydrogen-bond acceptors (Lipinski definition) is 3. The summed E-state index contributed by atoms with van der Waals surface area (Å²) in [5, 5.41) is 1.13. The summed E-state index contributed by atoms with van der Waals surface area (Å²) in [6.07, 6.45) is 2.92. The van der Waals surface area contributed by atoms with Crippen LogP contribution in [0.5, 0.6) is 0 Å². The molecule has 0 bridgehead atoms. The summed E-state index contributed by atoms with van der Waals surface area (Å²) in [4.78, 5) is 19.5. The zero-order chi connectivity index (χ0) is 17.6. The fraction of sp³-hybridized carbons (Fsp3) is 0.200. The van der Waals surface area contributed by atoms with E-state index in [1.54, 1.807) is 16.7 Å². The number of benzene rings is 2. The molecule has 5 heteroatoms. The summed E-state index contributed by atoms with van der Waals surface area (Å²) in [5.41, 5.74) is 4.03. The van der Waals surface area contributed by atoms with Crippen molar-refractivity contribution in [2.75, 3.05) is 19.0 Å². The van der Waals surface area contributed by atoms with Crippen LogP contribution in [0, 0.1) is 0 Å². The van der Waals surface area contributed by atoms with Gasteiger partial charge in [0.05, 0.1) is 10.9 Å². The van der Waals surface area contributed by atoms with Gasteiger partial charge in [0.25, 0.3) is 5.56 Å². The zero-order valence-electron chi connectivity index (χ0n) is 14.2. The van der Waals surface area contributed by atoms with E-state index in [-0.39, 0.29) is 5.56 Å². The molecule has 4 nitrogen and oxygen atoms in total. The highest BCUT2D eigenvalue weighted by Crippen LogP contribution is 2.28. The maximum Gasteiger partial charge on any atom is 0.261 e. The molecule has 0 N–H and O–H groups in total. The predicted octanol–water partition coefficient (Wildman–Crippen LogP) is 4.06. The summed E-state index contributed by atoms with van der Waals surface area (Å²) in [6, 6.07) is 13.6. The molecule has 0 fully saturated rings. The largest absolute Gasteiger partial charge is 0.378 e. The Labute approximate surface area is 151 Å². The van der Waals surface area contributed by atoms with Gasteiger partial charge in [0.2, 0.25) is 0 Å². The van der Waals surface area contributed by atoms with E-state index in [0.717, 1.165) is 29.1 Å². The van der Waals surface area contributed by atoms with Gasteiger partial charge in [-0.15, -0.1) is 0 Å². The van der Waals surface area contributed by atoms with E-state index in [4.69, 9.17) is 16.6 Å². The van der Waals surface area contributed by atoms with E-state index < -0.39 is 0 Å². The number of hydrogen-bond donors (Lipinski definition) is 0. The molecule has 1 aliphatic heterocycles. The molecular weight excluding hydrogens is 334 g/mol. The van der Waals surface area contributed by atoms with Crippen molar-refractivity contribution in [3.8, 4) is 0 Å². The lowest BCUT2D eigenvalue weighted by molar-refractivity contribution is 0.725. The Morgan fingerprint density at radius 2 is 1.92 bits per heavy atom. The highest BCUT2D eigenvalue weighted by atomic mass is 35.5. The lowest BCUT2D eigenvalue weighted by atomic mass is 10.1. The lowest BCUT2D eigenvalue weighted by Gasteiger charge is -2.12. The van der Waals surface area contributed by atoms with Gasteiger partial charge in [-0.25, -0.2) is 4.98 Å². The average molecular weight is 352 g/mol. The third-order valence-electron chi connectivity index (χ3n) is 4.56. The van der Waals surface area contributed by atoms with Crippen molar-refractivity contribution in [3.63, 3.8) is 0 Å². The highest BCUT2D eigenvalue weighted by Gasteiger charge is 2.20. The van der Waals surface area contributed by atoms with Crippen molar-refractivity contribution in [2.45, 2.75) is 13.0 Å². The van der Waals surface area contributed by atoms with Crippen molar-refractivity contribution in [3.05, 3.63) is 69.2 Å². The van der Waals surface area contributed by atoms with Crippen LogP contribution in [0.3, 0.4) is 0 Å². The Bertz CT molecular complexity index is 1050. The van der Waals surface area contributed by atoms with E-state index in [0.29, 0.717) is 22.5 Å². The van der Waals surface area contributed by atoms with Crippen molar-refractivity contribution in [2.24, 2.45) is 0 Å². The summed E-state index contributed by atoms with van der Waals surface area (Å²) < 4.78 is 1.75. The standard InChI is InChI=1S/C20H18ClN3O/c1-23(2)16-6-3-13(4-7-16)11-14-9-10-24-19(14)22-18-8-5-15(21)12-17(18)20(24)25/h3-8,11-12H,9-10H2,1-2H3/b14-11+. The quantitative estimate of drug-likeness (QED) is 0.698. The maximum atomic E-state index is 12.7. The number of aromatic nitrogens is 2. The Morgan fingerprint density at radius 1 is 1.16 bits per heavy atom. The molecule has 2 heterocycles. The van der Waals surface area contributed by atoms with Gasteiger partial charge in [0, 0.05) is 31.4 Å². The first-order chi connectivity index (χ1) is 12.0. The molecule has 126 valence electrons. The monoisotopic (exact) mass is 351 g/mol. The SMILES string of the molecule is CN(C)c1ccc(/C=C2\CCn3c2nc2ccc(Cl)cc2c3=O)cc1. The molecule has 0 radical (unpaired) electrons. The molecule has 0 saturated heterocycles. The first kappa shape index (κ1) is 15.9. The van der Waals surface area contributed by atoms with Crippen LogP contribution < -0.4 is 10.5 Å². The molecule has 3 aromatic rings. The second-order valence-electron chi connectivity index (χ2n) is 6.46. The molecule has 0 atom stereocenters. The van der Waals surface area contributed by atoms with E-state index in [2.05, 4.69) is 35.2 Å². The van der Waals surface area contributed by atoms with Gasteiger partial charge < -0.3 is 4.90 Å². The van der Waals surface area contributed by atoms with Crippen LogP contribution in [0.4, 0.5) is 5.69 Å². The van der Waals surface area contributed by atoms with Crippen LogP contribution in [0.1, 0.15) is 17.8 Å². The van der Waals surface area contributed by atoms with Gasteiger partial charge >= 0.3 is 0 Å². The third kappa shape index (κ3) is 2.83. The van der Waals surface area contributed by atoms with Crippen LogP contribution in [-0.2, 0) is 6.54 Å². The number of rotatable bonds is 2. The van der Waals surface area contributed by atoms with Crippen molar-refractivity contribution in [1.29, 1.82) is 0 Å². The van der Waals surface area contributed by atoms with Gasteiger partial charge in [0.15, 0.2) is 0 Å². The maximum absolute atomic E-state index is 12.7. The van der Waals surface area contributed by atoms with E-state index in [9.17, 15) is 4.79 Å². The van der Waals surface area contributed by atoms with Crippen LogP contribution >= 0.6 is 11.6 Å². The van der Waals surface area contributed by atoms with E-state index in [1.807, 2.05) is 20.2 Å². The molecule has 4 rings (SSSR count). The van der Waals surface area contributed by atoms with Gasteiger partial charge in [-0.3, -0.25) is 9.36 Å². The molecule has 0 unspecified atom stereocenters. The second kappa shape index (κ2) is 6.05. The Hall–Kier alpha value is -2.59. The molecule has 25 heavy (non-hydrogen) atoms. The average Bonchev–Trinajstić information content (AvgIpc) is 2.99. The zero-order valence-corrected chi connectivity index (χ0v) is 14.9. The number of nitrogens with zero attached hydrogens (tertiary/aromatic N) is 3. The van der Waals surface area contributed by atoms with E-state index in [1.165, 1.54) is 0 Å². The molecule has 0 aliphatic carbocycles. The summed E-state index contributed by atoms with van der Waals surface area (Å²) in [6.45, 7) is 0.658. The molecule has 0 saturated carbocycles. The Kier molecular flexibility index (Phi) is 3.85. The fourth-order valence-electron chi connectivity index (χ4n) is 3.20. The first-order valence-electron chi connectivity index (χ1n) is 8.21. The highest BCUT2D eigenvalue weighted by molar-refractivity contribution is 6.31. The number of halogens is 1. The van der Waals surface area contributed by atoms with Gasteiger partial charge in [-0.1, -0.05) is 23.7 Å². The Balaban J connectivity index is 1.80. The minimum absolute atomic E-state index is 0.0196. The molecule has 1 aromatic heterocycles. The summed E-state index contributed by atoms with van der Waals surface area (Å²) in [7, 11) is 4.04. The number of anilines is 1. The Morgan fingerprint density at radius 3 is 2.64 bits per heavy atom. The van der Waals surface area contributed by atoms with Crippen LogP contribution in [0.15, 0.2) is 47.3 Å². The predicted molar refractivity (Wildman–Crippen MR) is 104 cm³/mol. The second-order valence-corrected chi connectivity index (χ2v) is 6.90. The van der Waals surface area contributed by atoms with Crippen molar-refractivity contribution >= 4 is 39.8 Å². The minimum atomic E-state index is -0.0196. The minimum Gasteiger partial charge on any atom is -0.378 e. The third-order valence-corrected chi connectivity index (χ3v) is 4.79. The van der Waals surface area contributed by atoms with E-state index >= 15 is 0 Å². The topological polar surface area (TPSA) is 38.1 Å². The summed E-state index contributed by atoms with van der Waals surface area (Å²) >= 11 is 6.02. The van der Waals surface area contributed by atoms with Crippen molar-refractivity contribution < 1.29 is 0 Å². The van der Waals surface area contributed by atoms with Gasteiger partial charge in [0.1, 0.15) is 5.82 Å². The molecule has 0 amide bonds. The van der Waals surface area contributed by atoms with Crippen molar-refractivity contribution in [1.82, 2.24) is 9.55 Å². The van der Waals surface area contributed by atoms with Crippen LogP contribution in [0.25, 0.3) is 22.6 Å². The van der Waals surface area contributed by atoms with Gasteiger partial charge in [-0.05, 0) is 54.0 Å². The number of allylic oxidation sites excluding steroid dienone is 1. The molecule has 2 aromatic carbocycles. The summed E-state index contributed by atoms with van der Waals surface area (Å²) in [5.74, 6) is 0.761. The smallest absolute Gasteiger partial charge is 0.261 e. The fourth-order valence-corrected chi connectivity index (χ4v) is 3.37. The first-order valence-corrected chi connectivity index (χ1v) is 8.59. The molecular formula is C20H18ClN3O. The van der Waals surface area contributed by atoms with Crippen LogP contribution in [0.2, 0.25) is 5.02 Å². The van der Waals surface area contributed by atoms with Crippen LogP contribution in [-0.4, -0.2) is 23.6 Å².